The molecule has 0 atom stereocenters. The summed E-state index contributed by atoms with van der Waals surface area (Å²) in [6.07, 6.45) is 1.99. The van der Waals surface area contributed by atoms with Gasteiger partial charge in [-0.3, -0.25) is 15.5 Å². The number of hydrazone groups is 1. The Morgan fingerprint density at radius 3 is 2.62 bits per heavy atom. The number of benzene rings is 2. The highest BCUT2D eigenvalue weighted by Gasteiger charge is 2.04. The molecule has 2 rings (SSSR count). The number of nitrogens with one attached hydrogen (secondary N) is 1. The van der Waals surface area contributed by atoms with E-state index in [1.165, 1.54) is 12.1 Å². The summed E-state index contributed by atoms with van der Waals surface area (Å²) in [6.45, 7) is 0. The molecule has 0 aliphatic heterocycles. The number of nitro groups is 1. The van der Waals surface area contributed by atoms with Crippen molar-refractivity contribution >= 4 is 39.9 Å². The molecule has 108 valence electrons. The van der Waals surface area contributed by atoms with Gasteiger partial charge in [-0.2, -0.15) is 5.10 Å². The zero-order valence-corrected chi connectivity index (χ0v) is 12.7. The van der Waals surface area contributed by atoms with Crippen molar-refractivity contribution in [2.24, 2.45) is 5.10 Å². The van der Waals surface area contributed by atoms with Crippen LogP contribution in [0, 0.1) is 10.1 Å². The van der Waals surface area contributed by atoms with Crippen molar-refractivity contribution in [3.8, 4) is 0 Å². The SMILES string of the molecule is CSc1cccc(C(Cl)=NNc2ccc([N+](=O)[O-])cc2)c1. The topological polar surface area (TPSA) is 67.5 Å². The van der Waals surface area contributed by atoms with E-state index in [4.69, 9.17) is 11.6 Å². The third kappa shape index (κ3) is 4.21. The van der Waals surface area contributed by atoms with Crippen molar-refractivity contribution in [3.05, 3.63) is 64.2 Å². The van der Waals surface area contributed by atoms with Gasteiger partial charge < -0.3 is 0 Å². The average Bonchev–Trinajstić information content (AvgIpc) is 2.53. The Kier molecular flexibility index (Phi) is 5.19. The Morgan fingerprint density at radius 2 is 2.00 bits per heavy atom. The van der Waals surface area contributed by atoms with Crippen LogP contribution >= 0.6 is 23.4 Å². The minimum absolute atomic E-state index is 0.0308. The first-order valence-electron chi connectivity index (χ1n) is 5.98. The normalized spacial score (nSPS) is 11.2. The first-order valence-corrected chi connectivity index (χ1v) is 7.58. The van der Waals surface area contributed by atoms with E-state index in [1.54, 1.807) is 23.9 Å². The lowest BCUT2D eigenvalue weighted by atomic mass is 10.2. The van der Waals surface area contributed by atoms with Crippen LogP contribution in [0.1, 0.15) is 5.56 Å². The number of anilines is 1. The highest BCUT2D eigenvalue weighted by atomic mass is 35.5. The van der Waals surface area contributed by atoms with Crippen molar-refractivity contribution < 1.29 is 4.92 Å². The van der Waals surface area contributed by atoms with E-state index >= 15 is 0 Å². The molecule has 1 N–H and O–H groups in total. The van der Waals surface area contributed by atoms with Crippen LogP contribution in [0.2, 0.25) is 0 Å². The Bertz CT molecular complexity index is 674. The molecule has 0 spiro atoms. The van der Waals surface area contributed by atoms with E-state index in [-0.39, 0.29) is 5.69 Å². The molecule has 0 amide bonds. The molecule has 0 heterocycles. The van der Waals surface area contributed by atoms with Gasteiger partial charge in [-0.1, -0.05) is 23.7 Å². The summed E-state index contributed by atoms with van der Waals surface area (Å²) in [6, 6.07) is 13.7. The lowest BCUT2D eigenvalue weighted by Crippen LogP contribution is -1.97. The monoisotopic (exact) mass is 321 g/mol. The van der Waals surface area contributed by atoms with Gasteiger partial charge in [0.2, 0.25) is 0 Å². The quantitative estimate of drug-likeness (QED) is 0.385. The first kappa shape index (κ1) is 15.3. The molecule has 0 aliphatic carbocycles. The molecule has 0 saturated carbocycles. The van der Waals surface area contributed by atoms with Crippen LogP contribution in [0.4, 0.5) is 11.4 Å². The average molecular weight is 322 g/mol. The second-order valence-corrected chi connectivity index (χ2v) is 5.29. The molecule has 5 nitrogen and oxygen atoms in total. The number of rotatable bonds is 5. The third-order valence-corrected chi connectivity index (χ3v) is 3.70. The number of hydrogen-bond acceptors (Lipinski definition) is 5. The van der Waals surface area contributed by atoms with Gasteiger partial charge in [0.25, 0.3) is 5.69 Å². The standard InChI is InChI=1S/C14H12ClN3O2S/c1-21-13-4-2-3-10(9-13)14(15)17-16-11-5-7-12(8-6-11)18(19)20/h2-9,16H,1H3. The number of nitro benzene ring substituents is 1. The maximum absolute atomic E-state index is 10.6. The zero-order valence-electron chi connectivity index (χ0n) is 11.1. The van der Waals surface area contributed by atoms with Crippen LogP contribution < -0.4 is 5.43 Å². The van der Waals surface area contributed by atoms with E-state index in [0.29, 0.717) is 10.9 Å². The van der Waals surface area contributed by atoms with Gasteiger partial charge >= 0.3 is 0 Å². The molecule has 0 saturated heterocycles. The van der Waals surface area contributed by atoms with E-state index < -0.39 is 4.92 Å². The Morgan fingerprint density at radius 1 is 1.29 bits per heavy atom. The highest BCUT2D eigenvalue weighted by Crippen LogP contribution is 2.18. The number of thioether (sulfide) groups is 1. The van der Waals surface area contributed by atoms with Gasteiger partial charge in [0.15, 0.2) is 5.17 Å². The van der Waals surface area contributed by atoms with Crippen molar-refractivity contribution in [1.29, 1.82) is 0 Å². The lowest BCUT2D eigenvalue weighted by Gasteiger charge is -2.03. The van der Waals surface area contributed by atoms with Crippen LogP contribution in [0.25, 0.3) is 0 Å². The molecule has 7 heteroatoms. The predicted molar refractivity (Wildman–Crippen MR) is 87.3 cm³/mol. The fourth-order valence-electron chi connectivity index (χ4n) is 1.59. The van der Waals surface area contributed by atoms with Gasteiger partial charge in [0.1, 0.15) is 0 Å². The van der Waals surface area contributed by atoms with Crippen LogP contribution in [0.5, 0.6) is 0 Å². The van der Waals surface area contributed by atoms with Crippen molar-refractivity contribution in [3.63, 3.8) is 0 Å². The van der Waals surface area contributed by atoms with Crippen LogP contribution in [-0.4, -0.2) is 16.3 Å². The van der Waals surface area contributed by atoms with Gasteiger partial charge in [-0.25, -0.2) is 0 Å². The zero-order chi connectivity index (χ0) is 15.2. The molecule has 0 fully saturated rings. The lowest BCUT2D eigenvalue weighted by molar-refractivity contribution is -0.384. The minimum atomic E-state index is -0.450. The Balaban J connectivity index is 2.10. The van der Waals surface area contributed by atoms with Gasteiger partial charge in [0.05, 0.1) is 10.6 Å². The maximum Gasteiger partial charge on any atom is 0.269 e. The van der Waals surface area contributed by atoms with Crippen molar-refractivity contribution in [2.45, 2.75) is 4.90 Å². The fraction of sp³-hybridized carbons (Fsp3) is 0.0714. The van der Waals surface area contributed by atoms with Crippen LogP contribution in [-0.2, 0) is 0 Å². The van der Waals surface area contributed by atoms with Gasteiger partial charge in [0, 0.05) is 22.6 Å². The van der Waals surface area contributed by atoms with E-state index in [0.717, 1.165) is 10.5 Å². The highest BCUT2D eigenvalue weighted by molar-refractivity contribution is 7.98. The van der Waals surface area contributed by atoms with Crippen molar-refractivity contribution in [1.82, 2.24) is 0 Å². The molecular formula is C14H12ClN3O2S. The van der Waals surface area contributed by atoms with E-state index in [9.17, 15) is 10.1 Å². The molecule has 2 aromatic carbocycles. The minimum Gasteiger partial charge on any atom is -0.277 e. The molecule has 0 bridgehead atoms. The fourth-order valence-corrected chi connectivity index (χ4v) is 2.21. The Labute approximate surface area is 131 Å². The number of hydrogen-bond donors (Lipinski definition) is 1. The van der Waals surface area contributed by atoms with Gasteiger partial charge in [-0.05, 0) is 30.5 Å². The number of halogens is 1. The second-order valence-electron chi connectivity index (χ2n) is 4.05. The Hall–Kier alpha value is -2.05. The van der Waals surface area contributed by atoms with Crippen molar-refractivity contribution in [2.75, 3.05) is 11.7 Å². The smallest absolute Gasteiger partial charge is 0.269 e. The second kappa shape index (κ2) is 7.10. The predicted octanol–water partition coefficient (Wildman–Crippen LogP) is 4.33. The summed E-state index contributed by atoms with van der Waals surface area (Å²) in [5.74, 6) is 0. The molecule has 0 aromatic heterocycles. The van der Waals surface area contributed by atoms with Crippen LogP contribution in [0.3, 0.4) is 0 Å². The van der Waals surface area contributed by atoms with Crippen LogP contribution in [0.15, 0.2) is 58.5 Å². The summed E-state index contributed by atoms with van der Waals surface area (Å²) < 4.78 is 0. The van der Waals surface area contributed by atoms with E-state index in [1.807, 2.05) is 30.5 Å². The molecule has 0 unspecified atom stereocenters. The number of non-ortho nitro benzene ring substituents is 1. The molecule has 0 aliphatic rings. The maximum atomic E-state index is 10.6. The van der Waals surface area contributed by atoms with E-state index in [2.05, 4.69) is 10.5 Å². The number of nitrogens with zero attached hydrogens (tertiary/aromatic N) is 2. The third-order valence-electron chi connectivity index (χ3n) is 2.67. The molecule has 2 aromatic rings. The largest absolute Gasteiger partial charge is 0.277 e. The summed E-state index contributed by atoms with van der Waals surface area (Å²) in [7, 11) is 0. The summed E-state index contributed by atoms with van der Waals surface area (Å²) in [5, 5.41) is 14.9. The first-order chi connectivity index (χ1) is 10.1. The van der Waals surface area contributed by atoms with Gasteiger partial charge in [-0.15, -0.1) is 11.8 Å². The summed E-state index contributed by atoms with van der Waals surface area (Å²) >= 11 is 7.76. The summed E-state index contributed by atoms with van der Waals surface area (Å²) in [4.78, 5) is 11.2. The summed E-state index contributed by atoms with van der Waals surface area (Å²) in [5.41, 5.74) is 4.23. The molecular weight excluding hydrogens is 310 g/mol. The molecule has 21 heavy (non-hydrogen) atoms. The molecule has 0 radical (unpaired) electrons.